The molecule has 4 rings (SSSR count). The number of nitrogens with zero attached hydrogens (tertiary/aromatic N) is 2. The Bertz CT molecular complexity index is 767. The fourth-order valence-corrected chi connectivity index (χ4v) is 3.19. The molecule has 0 saturated heterocycles. The standard InChI is InChI=1S/C15H9BrN2/c16-13-9-5-1-2-6-10(9)14-15(13)18-12-8-4-3-7-11(12)17-14/h1-8,13H. The normalized spacial score (nSPS) is 16.6. The molecule has 0 aliphatic heterocycles. The summed E-state index contributed by atoms with van der Waals surface area (Å²) in [6.07, 6.45) is 0. The lowest BCUT2D eigenvalue weighted by molar-refractivity contribution is 1.12. The molecule has 1 unspecified atom stereocenters. The molecule has 0 radical (unpaired) electrons. The largest absolute Gasteiger partial charge is 0.247 e. The smallest absolute Gasteiger partial charge is 0.0943 e. The van der Waals surface area contributed by atoms with E-state index in [4.69, 9.17) is 9.97 Å². The highest BCUT2D eigenvalue weighted by atomic mass is 79.9. The van der Waals surface area contributed by atoms with Gasteiger partial charge in [-0.05, 0) is 17.7 Å². The van der Waals surface area contributed by atoms with Crippen LogP contribution in [0.4, 0.5) is 0 Å². The van der Waals surface area contributed by atoms with Crippen molar-refractivity contribution in [2.24, 2.45) is 0 Å². The van der Waals surface area contributed by atoms with Gasteiger partial charge in [0.15, 0.2) is 0 Å². The van der Waals surface area contributed by atoms with Gasteiger partial charge >= 0.3 is 0 Å². The average Bonchev–Trinajstić information content (AvgIpc) is 2.71. The maximum absolute atomic E-state index is 4.76. The zero-order chi connectivity index (χ0) is 12.1. The monoisotopic (exact) mass is 296 g/mol. The fourth-order valence-electron chi connectivity index (χ4n) is 2.47. The minimum Gasteiger partial charge on any atom is -0.247 e. The number of para-hydroxylation sites is 2. The van der Waals surface area contributed by atoms with E-state index in [2.05, 4.69) is 34.1 Å². The summed E-state index contributed by atoms with van der Waals surface area (Å²) in [5.74, 6) is 0. The van der Waals surface area contributed by atoms with E-state index in [0.29, 0.717) is 0 Å². The highest BCUT2D eigenvalue weighted by Gasteiger charge is 2.29. The third kappa shape index (κ3) is 1.28. The highest BCUT2D eigenvalue weighted by molar-refractivity contribution is 9.09. The van der Waals surface area contributed by atoms with Crippen molar-refractivity contribution < 1.29 is 0 Å². The van der Waals surface area contributed by atoms with E-state index in [1.807, 2.05) is 30.3 Å². The van der Waals surface area contributed by atoms with E-state index in [1.165, 1.54) is 11.1 Å². The van der Waals surface area contributed by atoms with Gasteiger partial charge in [0.1, 0.15) is 0 Å². The van der Waals surface area contributed by atoms with Crippen LogP contribution in [-0.4, -0.2) is 9.97 Å². The molecule has 1 aliphatic carbocycles. The Morgan fingerprint density at radius 1 is 0.833 bits per heavy atom. The van der Waals surface area contributed by atoms with Gasteiger partial charge in [-0.2, -0.15) is 0 Å². The van der Waals surface area contributed by atoms with Crippen LogP contribution in [0.1, 0.15) is 16.1 Å². The van der Waals surface area contributed by atoms with Crippen LogP contribution < -0.4 is 0 Å². The van der Waals surface area contributed by atoms with Gasteiger partial charge in [0, 0.05) is 5.56 Å². The van der Waals surface area contributed by atoms with E-state index in [0.717, 1.165) is 22.4 Å². The molecule has 0 bridgehead atoms. The van der Waals surface area contributed by atoms with Gasteiger partial charge in [-0.25, -0.2) is 9.97 Å². The molecule has 3 heteroatoms. The van der Waals surface area contributed by atoms with Gasteiger partial charge in [0.25, 0.3) is 0 Å². The molecule has 86 valence electrons. The number of benzene rings is 2. The molecule has 0 spiro atoms. The number of fused-ring (bicyclic) bond motifs is 4. The number of alkyl halides is 1. The molecular formula is C15H9BrN2. The van der Waals surface area contributed by atoms with E-state index in [-0.39, 0.29) is 4.83 Å². The predicted octanol–water partition coefficient (Wildman–Crippen LogP) is 4.09. The Hall–Kier alpha value is -1.74. The van der Waals surface area contributed by atoms with Crippen molar-refractivity contribution in [3.05, 3.63) is 59.8 Å². The molecule has 0 N–H and O–H groups in total. The first-order valence-corrected chi connectivity index (χ1v) is 6.76. The molecule has 0 saturated carbocycles. The number of hydrogen-bond acceptors (Lipinski definition) is 2. The Morgan fingerprint density at radius 2 is 1.50 bits per heavy atom. The maximum atomic E-state index is 4.76. The topological polar surface area (TPSA) is 25.8 Å². The fraction of sp³-hybridized carbons (Fsp3) is 0.0667. The van der Waals surface area contributed by atoms with E-state index >= 15 is 0 Å². The molecular weight excluding hydrogens is 288 g/mol. The van der Waals surface area contributed by atoms with Crippen LogP contribution in [0.15, 0.2) is 48.5 Å². The number of halogens is 1. The van der Waals surface area contributed by atoms with Crippen LogP contribution in [0.5, 0.6) is 0 Å². The van der Waals surface area contributed by atoms with Crippen molar-refractivity contribution in [1.29, 1.82) is 0 Å². The minimum atomic E-state index is 0.154. The van der Waals surface area contributed by atoms with E-state index < -0.39 is 0 Å². The molecule has 1 aromatic heterocycles. The summed E-state index contributed by atoms with van der Waals surface area (Å²) in [5.41, 5.74) is 6.37. The SMILES string of the molecule is BrC1c2ccccc2-c2nc3ccccc3nc21. The van der Waals surface area contributed by atoms with Crippen molar-refractivity contribution in [2.75, 3.05) is 0 Å². The van der Waals surface area contributed by atoms with Gasteiger partial charge in [0.05, 0.1) is 27.2 Å². The van der Waals surface area contributed by atoms with Crippen molar-refractivity contribution >= 4 is 27.0 Å². The Balaban J connectivity index is 2.10. The molecule has 2 aromatic carbocycles. The molecule has 1 heterocycles. The van der Waals surface area contributed by atoms with Gasteiger partial charge in [0.2, 0.25) is 0 Å². The maximum Gasteiger partial charge on any atom is 0.0943 e. The summed E-state index contributed by atoms with van der Waals surface area (Å²) in [5, 5.41) is 0. The second-order valence-electron chi connectivity index (χ2n) is 4.40. The number of aromatic nitrogens is 2. The quantitative estimate of drug-likeness (QED) is 0.584. The van der Waals surface area contributed by atoms with Crippen LogP contribution in [0.3, 0.4) is 0 Å². The average molecular weight is 297 g/mol. The molecule has 0 amide bonds. The van der Waals surface area contributed by atoms with Gasteiger partial charge in [-0.15, -0.1) is 0 Å². The number of rotatable bonds is 0. The van der Waals surface area contributed by atoms with Crippen molar-refractivity contribution in [1.82, 2.24) is 9.97 Å². The summed E-state index contributed by atoms with van der Waals surface area (Å²) < 4.78 is 0. The predicted molar refractivity (Wildman–Crippen MR) is 75.7 cm³/mol. The van der Waals surface area contributed by atoms with Gasteiger partial charge in [-0.3, -0.25) is 0 Å². The zero-order valence-electron chi connectivity index (χ0n) is 9.47. The van der Waals surface area contributed by atoms with Crippen LogP contribution in [0, 0.1) is 0 Å². The molecule has 1 aliphatic rings. The number of hydrogen-bond donors (Lipinski definition) is 0. The lowest BCUT2D eigenvalue weighted by Gasteiger charge is -2.04. The third-order valence-corrected chi connectivity index (χ3v) is 4.25. The van der Waals surface area contributed by atoms with Crippen molar-refractivity contribution in [3.63, 3.8) is 0 Å². The van der Waals surface area contributed by atoms with Crippen LogP contribution in [0.25, 0.3) is 22.3 Å². The Morgan fingerprint density at radius 3 is 2.33 bits per heavy atom. The zero-order valence-corrected chi connectivity index (χ0v) is 11.1. The van der Waals surface area contributed by atoms with Crippen LogP contribution >= 0.6 is 15.9 Å². The first-order valence-electron chi connectivity index (χ1n) is 5.84. The first kappa shape index (κ1) is 10.2. The lowest BCUT2D eigenvalue weighted by Crippen LogP contribution is -1.93. The first-order chi connectivity index (χ1) is 8.84. The van der Waals surface area contributed by atoms with Crippen molar-refractivity contribution in [2.45, 2.75) is 4.83 Å². The summed E-state index contributed by atoms with van der Waals surface area (Å²) in [6, 6.07) is 16.3. The summed E-state index contributed by atoms with van der Waals surface area (Å²) in [4.78, 5) is 9.65. The van der Waals surface area contributed by atoms with Gasteiger partial charge in [-0.1, -0.05) is 52.3 Å². The Labute approximate surface area is 113 Å². The van der Waals surface area contributed by atoms with Crippen LogP contribution in [-0.2, 0) is 0 Å². The van der Waals surface area contributed by atoms with E-state index in [1.54, 1.807) is 0 Å². The molecule has 2 nitrogen and oxygen atoms in total. The summed E-state index contributed by atoms with van der Waals surface area (Å²) in [6.45, 7) is 0. The summed E-state index contributed by atoms with van der Waals surface area (Å²) >= 11 is 3.72. The summed E-state index contributed by atoms with van der Waals surface area (Å²) in [7, 11) is 0. The third-order valence-electron chi connectivity index (χ3n) is 3.33. The molecule has 18 heavy (non-hydrogen) atoms. The second kappa shape index (κ2) is 3.62. The second-order valence-corrected chi connectivity index (χ2v) is 5.31. The molecule has 3 aromatic rings. The minimum absolute atomic E-state index is 0.154. The Kier molecular flexibility index (Phi) is 2.06. The van der Waals surface area contributed by atoms with Crippen molar-refractivity contribution in [3.8, 4) is 11.3 Å². The van der Waals surface area contributed by atoms with E-state index in [9.17, 15) is 0 Å². The highest BCUT2D eigenvalue weighted by Crippen LogP contribution is 2.46. The van der Waals surface area contributed by atoms with Crippen LogP contribution in [0.2, 0.25) is 0 Å². The lowest BCUT2D eigenvalue weighted by atomic mass is 10.1. The molecule has 1 atom stereocenters. The van der Waals surface area contributed by atoms with Gasteiger partial charge < -0.3 is 0 Å². The molecule has 0 fully saturated rings.